The number of benzene rings is 1. The van der Waals surface area contributed by atoms with E-state index in [0.29, 0.717) is 31.6 Å². The topological polar surface area (TPSA) is 76.7 Å². The van der Waals surface area contributed by atoms with E-state index < -0.39 is 0 Å². The second-order valence-corrected chi connectivity index (χ2v) is 4.94. The van der Waals surface area contributed by atoms with Crippen LogP contribution in [0.5, 0.6) is 0 Å². The van der Waals surface area contributed by atoms with E-state index in [1.165, 1.54) is 0 Å². The molecule has 1 aromatic rings. The van der Waals surface area contributed by atoms with E-state index in [2.05, 4.69) is 10.6 Å². The number of hydrogen-bond acceptors (Lipinski definition) is 4. The van der Waals surface area contributed by atoms with E-state index in [1.807, 2.05) is 6.07 Å². The standard InChI is InChI=1S/C15H20N2O4/c1-20-9-12(21-2)8-16-15(19)11-3-5-13-10(7-11)4-6-14(18)17-13/h3,5,7,12H,4,6,8-9H2,1-2H3,(H,16,19)(H,17,18). The van der Waals surface area contributed by atoms with Gasteiger partial charge in [0.05, 0.1) is 12.7 Å². The van der Waals surface area contributed by atoms with E-state index in [-0.39, 0.29) is 17.9 Å². The first kappa shape index (κ1) is 15.5. The van der Waals surface area contributed by atoms with Crippen LogP contribution < -0.4 is 10.6 Å². The minimum atomic E-state index is -0.170. The molecule has 114 valence electrons. The molecule has 1 aliphatic heterocycles. The number of anilines is 1. The number of hydrogen-bond donors (Lipinski definition) is 2. The van der Waals surface area contributed by atoms with Crippen molar-refractivity contribution in [2.45, 2.75) is 18.9 Å². The summed E-state index contributed by atoms with van der Waals surface area (Å²) in [6.07, 6.45) is 0.945. The number of aryl methyl sites for hydroxylation is 1. The summed E-state index contributed by atoms with van der Waals surface area (Å²) in [6.45, 7) is 0.810. The summed E-state index contributed by atoms with van der Waals surface area (Å²) in [5, 5.41) is 5.61. The van der Waals surface area contributed by atoms with Gasteiger partial charge in [-0.25, -0.2) is 0 Å². The van der Waals surface area contributed by atoms with E-state index in [4.69, 9.17) is 9.47 Å². The average molecular weight is 292 g/mol. The monoisotopic (exact) mass is 292 g/mol. The summed E-state index contributed by atoms with van der Waals surface area (Å²) in [6, 6.07) is 5.30. The molecule has 2 amide bonds. The first-order valence-corrected chi connectivity index (χ1v) is 6.86. The number of ether oxygens (including phenoxy) is 2. The molecule has 0 aromatic heterocycles. The molecule has 6 heteroatoms. The van der Waals surface area contributed by atoms with Crippen LogP contribution in [0.4, 0.5) is 5.69 Å². The molecule has 1 heterocycles. The number of rotatable bonds is 6. The highest BCUT2D eigenvalue weighted by Gasteiger charge is 2.17. The third kappa shape index (κ3) is 4.03. The molecule has 0 saturated carbocycles. The Kier molecular flexibility index (Phi) is 5.30. The summed E-state index contributed by atoms with van der Waals surface area (Å²) < 4.78 is 10.2. The molecule has 1 aliphatic rings. The lowest BCUT2D eigenvalue weighted by molar-refractivity contribution is -0.116. The van der Waals surface area contributed by atoms with Crippen molar-refractivity contribution in [1.82, 2.24) is 5.32 Å². The predicted octanol–water partition coefficient (Wildman–Crippen LogP) is 0.963. The normalized spacial score (nSPS) is 15.0. The summed E-state index contributed by atoms with van der Waals surface area (Å²) >= 11 is 0. The summed E-state index contributed by atoms with van der Waals surface area (Å²) in [7, 11) is 3.17. The summed E-state index contributed by atoms with van der Waals surface area (Å²) in [5.41, 5.74) is 2.36. The molecule has 0 spiro atoms. The van der Waals surface area contributed by atoms with Crippen molar-refractivity contribution in [2.75, 3.05) is 32.7 Å². The molecule has 21 heavy (non-hydrogen) atoms. The van der Waals surface area contributed by atoms with E-state index >= 15 is 0 Å². The SMILES string of the molecule is COCC(CNC(=O)c1ccc2c(c1)CCC(=O)N2)OC. The van der Waals surface area contributed by atoms with Crippen LogP contribution in [0.15, 0.2) is 18.2 Å². The Morgan fingerprint density at radius 1 is 1.38 bits per heavy atom. The Labute approximate surface area is 123 Å². The molecular formula is C15H20N2O4. The van der Waals surface area contributed by atoms with Crippen LogP contribution in [0.3, 0.4) is 0 Å². The van der Waals surface area contributed by atoms with Crippen LogP contribution in [0.25, 0.3) is 0 Å². The fraction of sp³-hybridized carbons (Fsp3) is 0.467. The van der Waals surface area contributed by atoms with Gasteiger partial charge in [-0.05, 0) is 30.2 Å². The van der Waals surface area contributed by atoms with Crippen molar-refractivity contribution in [1.29, 1.82) is 0 Å². The van der Waals surface area contributed by atoms with Gasteiger partial charge in [0.2, 0.25) is 5.91 Å². The number of amides is 2. The van der Waals surface area contributed by atoms with Gasteiger partial charge in [0, 0.05) is 38.4 Å². The third-order valence-electron chi connectivity index (χ3n) is 3.44. The fourth-order valence-corrected chi connectivity index (χ4v) is 2.23. The molecule has 1 atom stereocenters. The molecular weight excluding hydrogens is 272 g/mol. The largest absolute Gasteiger partial charge is 0.382 e. The lowest BCUT2D eigenvalue weighted by Crippen LogP contribution is -2.35. The van der Waals surface area contributed by atoms with E-state index in [0.717, 1.165) is 11.3 Å². The smallest absolute Gasteiger partial charge is 0.251 e. The third-order valence-corrected chi connectivity index (χ3v) is 3.44. The average Bonchev–Trinajstić information content (AvgIpc) is 2.50. The number of carbonyl (C=O) groups is 2. The first-order chi connectivity index (χ1) is 10.1. The lowest BCUT2D eigenvalue weighted by Gasteiger charge is -2.18. The van der Waals surface area contributed by atoms with Crippen LogP contribution in [-0.4, -0.2) is 45.3 Å². The van der Waals surface area contributed by atoms with E-state index in [1.54, 1.807) is 26.4 Å². The molecule has 1 aromatic carbocycles. The Bertz CT molecular complexity index is 530. The number of methoxy groups -OCH3 is 2. The van der Waals surface area contributed by atoms with Crippen molar-refractivity contribution in [2.24, 2.45) is 0 Å². The van der Waals surface area contributed by atoms with Gasteiger partial charge in [-0.2, -0.15) is 0 Å². The second kappa shape index (κ2) is 7.19. The van der Waals surface area contributed by atoms with Gasteiger partial charge in [0.25, 0.3) is 5.91 Å². The molecule has 0 fully saturated rings. The Balaban J connectivity index is 1.98. The van der Waals surface area contributed by atoms with Crippen molar-refractivity contribution >= 4 is 17.5 Å². The fourth-order valence-electron chi connectivity index (χ4n) is 2.23. The molecule has 0 radical (unpaired) electrons. The van der Waals surface area contributed by atoms with Gasteiger partial charge in [-0.1, -0.05) is 0 Å². The number of fused-ring (bicyclic) bond motifs is 1. The van der Waals surface area contributed by atoms with Crippen molar-refractivity contribution in [3.05, 3.63) is 29.3 Å². The van der Waals surface area contributed by atoms with Crippen molar-refractivity contribution in [3.8, 4) is 0 Å². The van der Waals surface area contributed by atoms with Crippen molar-refractivity contribution < 1.29 is 19.1 Å². The number of nitrogens with one attached hydrogen (secondary N) is 2. The molecule has 2 N–H and O–H groups in total. The molecule has 6 nitrogen and oxygen atoms in total. The zero-order chi connectivity index (χ0) is 15.2. The predicted molar refractivity (Wildman–Crippen MR) is 78.4 cm³/mol. The molecule has 2 rings (SSSR count). The number of carbonyl (C=O) groups excluding carboxylic acids is 2. The molecule has 0 saturated heterocycles. The Hall–Kier alpha value is -1.92. The first-order valence-electron chi connectivity index (χ1n) is 6.86. The quantitative estimate of drug-likeness (QED) is 0.819. The van der Waals surface area contributed by atoms with Gasteiger partial charge >= 0.3 is 0 Å². The molecule has 1 unspecified atom stereocenters. The summed E-state index contributed by atoms with van der Waals surface area (Å²) in [4.78, 5) is 23.4. The molecule has 0 aliphatic carbocycles. The minimum Gasteiger partial charge on any atom is -0.382 e. The minimum absolute atomic E-state index is 0.0159. The second-order valence-electron chi connectivity index (χ2n) is 4.94. The van der Waals surface area contributed by atoms with Crippen LogP contribution >= 0.6 is 0 Å². The lowest BCUT2D eigenvalue weighted by atomic mass is 10.00. The van der Waals surface area contributed by atoms with Gasteiger partial charge in [0.1, 0.15) is 0 Å². The van der Waals surface area contributed by atoms with Gasteiger partial charge in [-0.15, -0.1) is 0 Å². The highest BCUT2D eigenvalue weighted by atomic mass is 16.5. The Morgan fingerprint density at radius 2 is 2.19 bits per heavy atom. The van der Waals surface area contributed by atoms with Crippen molar-refractivity contribution in [3.63, 3.8) is 0 Å². The van der Waals surface area contributed by atoms with Gasteiger partial charge in [0.15, 0.2) is 0 Å². The maximum Gasteiger partial charge on any atom is 0.251 e. The van der Waals surface area contributed by atoms with E-state index in [9.17, 15) is 9.59 Å². The highest BCUT2D eigenvalue weighted by molar-refractivity contribution is 5.97. The maximum absolute atomic E-state index is 12.1. The van der Waals surface area contributed by atoms with Gasteiger partial charge in [-0.3, -0.25) is 9.59 Å². The van der Waals surface area contributed by atoms with Gasteiger partial charge < -0.3 is 20.1 Å². The highest BCUT2D eigenvalue weighted by Crippen LogP contribution is 2.23. The van der Waals surface area contributed by atoms with Crippen LogP contribution in [-0.2, 0) is 20.7 Å². The van der Waals surface area contributed by atoms with Crippen LogP contribution in [0.2, 0.25) is 0 Å². The maximum atomic E-state index is 12.1. The summed E-state index contributed by atoms with van der Waals surface area (Å²) in [5.74, 6) is -0.143. The molecule has 0 bridgehead atoms. The Morgan fingerprint density at radius 3 is 2.90 bits per heavy atom. The van der Waals surface area contributed by atoms with Crippen LogP contribution in [0.1, 0.15) is 22.3 Å². The zero-order valence-electron chi connectivity index (χ0n) is 12.3. The van der Waals surface area contributed by atoms with Crippen LogP contribution in [0, 0.1) is 0 Å². The zero-order valence-corrected chi connectivity index (χ0v) is 12.3.